The van der Waals surface area contributed by atoms with E-state index in [-0.39, 0.29) is 19.6 Å². The summed E-state index contributed by atoms with van der Waals surface area (Å²) >= 11 is 0. The summed E-state index contributed by atoms with van der Waals surface area (Å²) in [6.45, 7) is -1.06. The summed E-state index contributed by atoms with van der Waals surface area (Å²) in [5.74, 6) is 0. The molecule has 3 nitrogen and oxygen atoms in total. The molecule has 0 spiro atoms. The number of rotatable bonds is 5. The first-order chi connectivity index (χ1) is 4.68. The maximum atomic E-state index is 11.6. The summed E-state index contributed by atoms with van der Waals surface area (Å²) in [6.07, 6.45) is 0.605. The Labute approximate surface area is 59.7 Å². The van der Waals surface area contributed by atoms with Gasteiger partial charge in [0.1, 0.15) is 0 Å². The van der Waals surface area contributed by atoms with Crippen LogP contribution in [0.2, 0.25) is 0 Å². The average molecular weight is 151 g/mol. The smallest absolute Gasteiger partial charge is 0.0895 e. The van der Waals surface area contributed by atoms with Gasteiger partial charge in [0.2, 0.25) is 0 Å². The fraction of sp³-hybridized carbons (Fsp3) is 1.00. The molecular formula is C6H14FNO2. The van der Waals surface area contributed by atoms with E-state index in [1.807, 2.05) is 0 Å². The maximum absolute atomic E-state index is 11.6. The van der Waals surface area contributed by atoms with E-state index < -0.39 is 12.2 Å². The van der Waals surface area contributed by atoms with Crippen LogP contribution in [-0.4, -0.2) is 35.6 Å². The highest BCUT2D eigenvalue weighted by molar-refractivity contribution is 4.81. The number of aliphatic hydroxyl groups excluding tert-OH is 2. The fourth-order valence-corrected chi connectivity index (χ4v) is 0.627. The minimum Gasteiger partial charge on any atom is -0.394 e. The molecule has 0 radical (unpaired) electrons. The van der Waals surface area contributed by atoms with E-state index in [4.69, 9.17) is 15.9 Å². The number of hydrogen-bond donors (Lipinski definition) is 3. The Kier molecular flexibility index (Phi) is 4.51. The van der Waals surface area contributed by atoms with Crippen molar-refractivity contribution in [1.29, 1.82) is 0 Å². The molecule has 0 saturated heterocycles. The van der Waals surface area contributed by atoms with Crippen molar-refractivity contribution in [3.63, 3.8) is 0 Å². The minimum atomic E-state index is -0.994. The van der Waals surface area contributed by atoms with Crippen molar-refractivity contribution in [2.24, 2.45) is 5.73 Å². The summed E-state index contributed by atoms with van der Waals surface area (Å²) in [6, 6.07) is 0. The SMILES string of the molecule is NC(CO)(CO)CCCF. The van der Waals surface area contributed by atoms with Crippen LogP contribution in [0, 0.1) is 0 Å². The second-order valence-corrected chi connectivity index (χ2v) is 2.47. The van der Waals surface area contributed by atoms with E-state index in [0.717, 1.165) is 0 Å². The Hall–Kier alpha value is -0.190. The predicted octanol–water partition coefficient (Wildman–Crippen LogP) is -0.582. The van der Waals surface area contributed by atoms with E-state index in [1.54, 1.807) is 0 Å². The molecule has 10 heavy (non-hydrogen) atoms. The third-order valence-corrected chi connectivity index (χ3v) is 1.44. The van der Waals surface area contributed by atoms with E-state index in [0.29, 0.717) is 6.42 Å². The van der Waals surface area contributed by atoms with E-state index in [2.05, 4.69) is 0 Å². The Morgan fingerprint density at radius 1 is 1.30 bits per heavy atom. The Morgan fingerprint density at radius 3 is 2.10 bits per heavy atom. The summed E-state index contributed by atoms with van der Waals surface area (Å²) in [5, 5.41) is 17.2. The van der Waals surface area contributed by atoms with Gasteiger partial charge in [-0.2, -0.15) is 0 Å². The molecule has 0 aliphatic rings. The molecule has 0 amide bonds. The molecule has 0 saturated carbocycles. The van der Waals surface area contributed by atoms with Crippen molar-refractivity contribution in [2.75, 3.05) is 19.9 Å². The van der Waals surface area contributed by atoms with Gasteiger partial charge < -0.3 is 15.9 Å². The molecule has 0 aromatic carbocycles. The quantitative estimate of drug-likeness (QED) is 0.492. The van der Waals surface area contributed by atoms with Crippen LogP contribution in [0.1, 0.15) is 12.8 Å². The Bertz CT molecular complexity index is 85.8. The molecule has 0 fully saturated rings. The standard InChI is InChI=1S/C6H14FNO2/c7-3-1-2-6(8,4-9)5-10/h9-10H,1-5,8H2. The number of nitrogens with two attached hydrogens (primary N) is 1. The van der Waals surface area contributed by atoms with Gasteiger partial charge in [0.25, 0.3) is 0 Å². The second kappa shape index (κ2) is 4.60. The van der Waals surface area contributed by atoms with Crippen molar-refractivity contribution < 1.29 is 14.6 Å². The lowest BCUT2D eigenvalue weighted by atomic mass is 9.97. The number of alkyl halides is 1. The molecule has 0 bridgehead atoms. The summed E-state index contributed by atoms with van der Waals surface area (Å²) < 4.78 is 11.6. The highest BCUT2D eigenvalue weighted by atomic mass is 19.1. The molecule has 0 aliphatic carbocycles. The van der Waals surface area contributed by atoms with Gasteiger partial charge in [-0.25, -0.2) is 0 Å². The first-order valence-electron chi connectivity index (χ1n) is 3.25. The van der Waals surface area contributed by atoms with Crippen LogP contribution in [0.3, 0.4) is 0 Å². The van der Waals surface area contributed by atoms with Crippen molar-refractivity contribution in [3.8, 4) is 0 Å². The van der Waals surface area contributed by atoms with Crippen molar-refractivity contribution >= 4 is 0 Å². The lowest BCUT2D eigenvalue weighted by Gasteiger charge is -2.23. The van der Waals surface area contributed by atoms with Gasteiger partial charge in [-0.05, 0) is 12.8 Å². The predicted molar refractivity (Wildman–Crippen MR) is 36.3 cm³/mol. The highest BCUT2D eigenvalue weighted by Crippen LogP contribution is 2.07. The van der Waals surface area contributed by atoms with Gasteiger partial charge in [-0.3, -0.25) is 4.39 Å². The van der Waals surface area contributed by atoms with Crippen LogP contribution in [0.4, 0.5) is 4.39 Å². The van der Waals surface area contributed by atoms with E-state index in [9.17, 15) is 4.39 Å². The van der Waals surface area contributed by atoms with Crippen LogP contribution in [0.15, 0.2) is 0 Å². The lowest BCUT2D eigenvalue weighted by molar-refractivity contribution is 0.111. The largest absolute Gasteiger partial charge is 0.394 e. The van der Waals surface area contributed by atoms with Crippen LogP contribution >= 0.6 is 0 Å². The Balaban J connectivity index is 3.58. The zero-order valence-corrected chi connectivity index (χ0v) is 5.89. The molecule has 62 valence electrons. The zero-order valence-electron chi connectivity index (χ0n) is 5.89. The van der Waals surface area contributed by atoms with Gasteiger partial charge in [-0.15, -0.1) is 0 Å². The normalized spacial score (nSPS) is 12.0. The molecule has 0 rings (SSSR count). The van der Waals surface area contributed by atoms with E-state index in [1.165, 1.54) is 0 Å². The van der Waals surface area contributed by atoms with Crippen molar-refractivity contribution in [3.05, 3.63) is 0 Å². The number of halogens is 1. The molecule has 0 aromatic rings. The summed E-state index contributed by atoms with van der Waals surface area (Å²) in [5.41, 5.74) is 4.42. The monoisotopic (exact) mass is 151 g/mol. The lowest BCUT2D eigenvalue weighted by Crippen LogP contribution is -2.47. The minimum absolute atomic E-state index is 0.289. The van der Waals surface area contributed by atoms with Gasteiger partial charge in [0, 0.05) is 0 Å². The Morgan fingerprint density at radius 2 is 1.80 bits per heavy atom. The molecular weight excluding hydrogens is 137 g/mol. The van der Waals surface area contributed by atoms with Crippen LogP contribution in [0.5, 0.6) is 0 Å². The average Bonchev–Trinajstić information content (AvgIpc) is 2.00. The zero-order chi connectivity index (χ0) is 8.04. The first kappa shape index (κ1) is 9.81. The number of hydrogen-bond acceptors (Lipinski definition) is 3. The maximum Gasteiger partial charge on any atom is 0.0895 e. The summed E-state index contributed by atoms with van der Waals surface area (Å²) in [4.78, 5) is 0. The van der Waals surface area contributed by atoms with Gasteiger partial charge >= 0.3 is 0 Å². The van der Waals surface area contributed by atoms with Crippen LogP contribution in [-0.2, 0) is 0 Å². The van der Waals surface area contributed by atoms with Crippen LogP contribution < -0.4 is 5.73 Å². The summed E-state index contributed by atoms with van der Waals surface area (Å²) in [7, 11) is 0. The van der Waals surface area contributed by atoms with Gasteiger partial charge in [0.05, 0.1) is 25.4 Å². The molecule has 0 unspecified atom stereocenters. The molecule has 0 atom stereocenters. The second-order valence-electron chi connectivity index (χ2n) is 2.47. The van der Waals surface area contributed by atoms with Crippen molar-refractivity contribution in [1.82, 2.24) is 0 Å². The molecule has 0 aliphatic heterocycles. The topological polar surface area (TPSA) is 66.5 Å². The van der Waals surface area contributed by atoms with Crippen LogP contribution in [0.25, 0.3) is 0 Å². The number of aliphatic hydroxyl groups is 2. The molecule has 0 heterocycles. The van der Waals surface area contributed by atoms with Gasteiger partial charge in [-0.1, -0.05) is 0 Å². The first-order valence-corrected chi connectivity index (χ1v) is 3.25. The molecule has 4 N–H and O–H groups in total. The third kappa shape index (κ3) is 3.10. The van der Waals surface area contributed by atoms with Gasteiger partial charge in [0.15, 0.2) is 0 Å². The highest BCUT2D eigenvalue weighted by Gasteiger charge is 2.21. The van der Waals surface area contributed by atoms with Crippen molar-refractivity contribution in [2.45, 2.75) is 18.4 Å². The molecule has 4 heteroatoms. The molecule has 0 aromatic heterocycles. The fourth-order valence-electron chi connectivity index (χ4n) is 0.627. The third-order valence-electron chi connectivity index (χ3n) is 1.44. The van der Waals surface area contributed by atoms with E-state index >= 15 is 0 Å².